The number of hydrogen-bond acceptors (Lipinski definition) is 6. The minimum Gasteiger partial charge on any atom is -0.382 e. The van der Waals surface area contributed by atoms with Gasteiger partial charge in [-0.1, -0.05) is 42.5 Å². The fourth-order valence-electron chi connectivity index (χ4n) is 3.95. The molecule has 3 aromatic rings. The van der Waals surface area contributed by atoms with Gasteiger partial charge < -0.3 is 10.0 Å². The number of carbonyl (C=O) groups excluding carboxylic acids is 1. The van der Waals surface area contributed by atoms with Crippen molar-refractivity contribution < 1.29 is 18.7 Å². The van der Waals surface area contributed by atoms with E-state index in [4.69, 9.17) is 0 Å². The topological polar surface area (TPSA) is 95.0 Å². The van der Waals surface area contributed by atoms with Gasteiger partial charge in [-0.15, -0.1) is 21.5 Å². The van der Waals surface area contributed by atoms with E-state index in [-0.39, 0.29) is 17.5 Å². The number of aliphatic hydroxyl groups excluding tert-OH is 1. The predicted molar refractivity (Wildman–Crippen MR) is 121 cm³/mol. The molecule has 2 atom stereocenters. The van der Waals surface area contributed by atoms with Gasteiger partial charge in [0.2, 0.25) is 11.7 Å². The summed E-state index contributed by atoms with van der Waals surface area (Å²) in [6, 6.07) is 10.9. The van der Waals surface area contributed by atoms with Crippen molar-refractivity contribution in [2.75, 3.05) is 6.54 Å². The molecule has 0 radical (unpaired) electrons. The fourth-order valence-corrected chi connectivity index (χ4v) is 4.92. The first kappa shape index (κ1) is 23.2. The van der Waals surface area contributed by atoms with Crippen LogP contribution < -0.4 is 0 Å². The molecule has 4 rings (SSSR count). The van der Waals surface area contributed by atoms with Crippen LogP contribution in [0.3, 0.4) is 0 Å². The molecule has 0 aliphatic carbocycles. The van der Waals surface area contributed by atoms with Crippen molar-refractivity contribution in [2.45, 2.75) is 50.2 Å². The Kier molecular flexibility index (Phi) is 7.24. The van der Waals surface area contributed by atoms with Crippen molar-refractivity contribution in [3.8, 4) is 10.7 Å². The highest BCUT2D eigenvalue weighted by atomic mass is 32.1. The molecule has 1 aliphatic heterocycles. The molecule has 0 spiro atoms. The van der Waals surface area contributed by atoms with Crippen LogP contribution in [0, 0.1) is 0 Å². The van der Waals surface area contributed by atoms with Crippen LogP contribution in [0.4, 0.5) is 8.78 Å². The minimum atomic E-state index is -3.41. The number of halogens is 2. The zero-order valence-electron chi connectivity index (χ0n) is 17.9. The number of rotatable bonds is 9. The minimum absolute atomic E-state index is 0.0128. The van der Waals surface area contributed by atoms with Crippen molar-refractivity contribution in [1.29, 1.82) is 0 Å². The van der Waals surface area contributed by atoms with Crippen LogP contribution in [0.25, 0.3) is 10.7 Å². The summed E-state index contributed by atoms with van der Waals surface area (Å²) in [6.45, 7) is 0.522. The molecule has 0 bridgehead atoms. The number of H-pyrrole nitrogens is 1. The van der Waals surface area contributed by atoms with E-state index in [2.05, 4.69) is 20.6 Å². The lowest BCUT2D eigenvalue weighted by atomic mass is 9.98. The van der Waals surface area contributed by atoms with Crippen LogP contribution >= 0.6 is 11.3 Å². The van der Waals surface area contributed by atoms with Gasteiger partial charge in [0.25, 0.3) is 0 Å². The summed E-state index contributed by atoms with van der Waals surface area (Å²) in [5.41, 5.74) is -0.241. The van der Waals surface area contributed by atoms with Gasteiger partial charge in [-0.25, -0.2) is 0 Å². The van der Waals surface area contributed by atoms with E-state index in [0.29, 0.717) is 31.6 Å². The summed E-state index contributed by atoms with van der Waals surface area (Å²) in [5, 5.41) is 24.1. The number of thiophene rings is 1. The number of hydrogen-bond donors (Lipinski definition) is 2. The van der Waals surface area contributed by atoms with Gasteiger partial charge in [0.1, 0.15) is 6.10 Å². The summed E-state index contributed by atoms with van der Waals surface area (Å²) in [4.78, 5) is 16.3. The molecule has 0 unspecified atom stereocenters. The highest BCUT2D eigenvalue weighted by Gasteiger charge is 2.39. The maximum atomic E-state index is 14.6. The second-order valence-electron chi connectivity index (χ2n) is 7.97. The normalized spacial score (nSPS) is 18.2. The number of aliphatic hydroxyl groups is 1. The molecule has 174 valence electrons. The number of aromatic amines is 1. The number of aromatic nitrogens is 4. The number of carbonyl (C=O) groups is 1. The SMILES string of the molecule is O=C1CCC[C@H](/C=C/[C@@H](O)C(F)(F)c2ccccc2)N1CCCc1ccc(-c2nn[nH]n2)s1. The van der Waals surface area contributed by atoms with Gasteiger partial charge in [-0.3, -0.25) is 4.79 Å². The molecule has 1 saturated heterocycles. The smallest absolute Gasteiger partial charge is 0.302 e. The summed E-state index contributed by atoms with van der Waals surface area (Å²) >= 11 is 1.57. The van der Waals surface area contributed by atoms with Gasteiger partial charge in [0.05, 0.1) is 10.9 Å². The Bertz CT molecular complexity index is 1070. The number of benzene rings is 1. The summed E-state index contributed by atoms with van der Waals surface area (Å²) in [5.74, 6) is -2.84. The molecule has 1 amide bonds. The zero-order valence-corrected chi connectivity index (χ0v) is 18.7. The maximum absolute atomic E-state index is 14.6. The van der Waals surface area contributed by atoms with Crippen molar-refractivity contribution in [3.05, 3.63) is 65.1 Å². The molecule has 33 heavy (non-hydrogen) atoms. The molecule has 1 fully saturated rings. The third-order valence-corrected chi connectivity index (χ3v) is 6.85. The number of likely N-dealkylation sites (tertiary alicyclic amines) is 1. The van der Waals surface area contributed by atoms with Crippen molar-refractivity contribution in [3.63, 3.8) is 0 Å². The molecule has 2 aromatic heterocycles. The van der Waals surface area contributed by atoms with Crippen molar-refractivity contribution >= 4 is 17.2 Å². The lowest BCUT2D eigenvalue weighted by molar-refractivity contribution is -0.135. The lowest BCUT2D eigenvalue weighted by Gasteiger charge is -2.34. The third kappa shape index (κ3) is 5.51. The zero-order chi connectivity index (χ0) is 23.3. The molecule has 10 heteroatoms. The Morgan fingerprint density at radius 1 is 1.27 bits per heavy atom. The summed E-state index contributed by atoms with van der Waals surface area (Å²) < 4.78 is 29.2. The number of piperidine rings is 1. The van der Waals surface area contributed by atoms with Gasteiger partial charge in [0, 0.05) is 23.4 Å². The van der Waals surface area contributed by atoms with E-state index < -0.39 is 12.0 Å². The van der Waals surface area contributed by atoms with E-state index in [1.807, 2.05) is 12.1 Å². The monoisotopic (exact) mass is 473 g/mol. The van der Waals surface area contributed by atoms with Crippen LogP contribution in [-0.4, -0.2) is 55.2 Å². The van der Waals surface area contributed by atoms with E-state index >= 15 is 0 Å². The van der Waals surface area contributed by atoms with Gasteiger partial charge in [-0.2, -0.15) is 14.0 Å². The van der Waals surface area contributed by atoms with Crippen LogP contribution in [0.5, 0.6) is 0 Å². The standard InChI is InChI=1S/C23H25F2N5O2S/c24-23(25,16-6-2-1-3-7-16)20(31)14-11-17-8-4-10-21(32)30(17)15-5-9-18-12-13-19(33-18)22-26-28-29-27-22/h1-3,6-7,11-14,17,20,31H,4-5,8-10,15H2,(H,26,27,28,29)/b14-11+/t17-,20-/m1/s1. The van der Waals surface area contributed by atoms with Crippen LogP contribution in [0.15, 0.2) is 54.6 Å². The highest BCUT2D eigenvalue weighted by Crippen LogP contribution is 2.33. The van der Waals surface area contributed by atoms with Crippen molar-refractivity contribution in [2.24, 2.45) is 0 Å². The molecular weight excluding hydrogens is 448 g/mol. The Balaban J connectivity index is 1.36. The summed E-state index contributed by atoms with van der Waals surface area (Å²) in [7, 11) is 0. The number of amides is 1. The quantitative estimate of drug-likeness (QED) is 0.459. The first-order valence-corrected chi connectivity index (χ1v) is 11.7. The lowest BCUT2D eigenvalue weighted by Crippen LogP contribution is -2.43. The first-order valence-electron chi connectivity index (χ1n) is 10.9. The second kappa shape index (κ2) is 10.3. The number of tetrazole rings is 1. The number of aryl methyl sites for hydroxylation is 1. The van der Waals surface area contributed by atoms with Gasteiger partial charge in [-0.05, 0) is 43.0 Å². The number of nitrogens with one attached hydrogen (secondary N) is 1. The number of nitrogens with zero attached hydrogens (tertiary/aromatic N) is 4. The Hall–Kier alpha value is -2.98. The molecule has 7 nitrogen and oxygen atoms in total. The second-order valence-corrected chi connectivity index (χ2v) is 9.14. The Morgan fingerprint density at radius 3 is 2.85 bits per heavy atom. The molecule has 0 saturated carbocycles. The predicted octanol–water partition coefficient (Wildman–Crippen LogP) is 3.95. The first-order chi connectivity index (χ1) is 15.9. The maximum Gasteiger partial charge on any atom is 0.302 e. The largest absolute Gasteiger partial charge is 0.382 e. The van der Waals surface area contributed by atoms with Gasteiger partial charge >= 0.3 is 5.92 Å². The fraction of sp³-hybridized carbons (Fsp3) is 0.391. The Morgan fingerprint density at radius 2 is 2.09 bits per heavy atom. The van der Waals surface area contributed by atoms with E-state index in [1.165, 1.54) is 24.3 Å². The molecule has 1 aliphatic rings. The van der Waals surface area contributed by atoms with E-state index in [0.717, 1.165) is 28.7 Å². The average molecular weight is 474 g/mol. The molecule has 3 heterocycles. The van der Waals surface area contributed by atoms with Crippen LogP contribution in [0.1, 0.15) is 36.1 Å². The average Bonchev–Trinajstić information content (AvgIpc) is 3.51. The Labute approximate surface area is 194 Å². The van der Waals surface area contributed by atoms with Crippen molar-refractivity contribution in [1.82, 2.24) is 25.5 Å². The highest BCUT2D eigenvalue weighted by molar-refractivity contribution is 7.15. The summed E-state index contributed by atoms with van der Waals surface area (Å²) in [6.07, 6.45) is 4.07. The van der Waals surface area contributed by atoms with E-state index in [9.17, 15) is 18.7 Å². The van der Waals surface area contributed by atoms with Crippen LogP contribution in [-0.2, 0) is 17.1 Å². The van der Waals surface area contributed by atoms with Crippen LogP contribution in [0.2, 0.25) is 0 Å². The van der Waals surface area contributed by atoms with E-state index in [1.54, 1.807) is 28.4 Å². The third-order valence-electron chi connectivity index (χ3n) is 5.71. The molecule has 1 aromatic carbocycles. The molecular formula is C23H25F2N5O2S. The molecule has 2 N–H and O–H groups in total. The van der Waals surface area contributed by atoms with Gasteiger partial charge in [0.15, 0.2) is 0 Å². The number of alkyl halides is 2.